The molecule has 1 aromatic carbocycles. The molecule has 1 unspecified atom stereocenters. The van der Waals surface area contributed by atoms with Crippen molar-refractivity contribution in [2.24, 2.45) is 10.5 Å². The Morgan fingerprint density at radius 3 is 2.45 bits per heavy atom. The minimum atomic E-state index is -0.492. The standard InChI is InChI=1S/C13H12Br2Cl2N2O/c1-7(8-3-4-9(16)10(17)5-8)18-19-11(20)12(2)6-13(12,14)15/h3-5H,6H2,1-2H3,(H,19,20). The van der Waals surface area contributed by atoms with Crippen LogP contribution in [0.5, 0.6) is 0 Å². The van der Waals surface area contributed by atoms with E-state index in [0.29, 0.717) is 22.2 Å². The van der Waals surface area contributed by atoms with Crippen LogP contribution in [0.25, 0.3) is 0 Å². The summed E-state index contributed by atoms with van der Waals surface area (Å²) in [7, 11) is 0. The highest BCUT2D eigenvalue weighted by Gasteiger charge is 2.66. The van der Waals surface area contributed by atoms with Crippen molar-refractivity contribution < 1.29 is 4.79 Å². The van der Waals surface area contributed by atoms with Crippen molar-refractivity contribution in [3.05, 3.63) is 33.8 Å². The van der Waals surface area contributed by atoms with Crippen LogP contribution in [0.15, 0.2) is 23.3 Å². The summed E-state index contributed by atoms with van der Waals surface area (Å²) < 4.78 is -0.329. The Morgan fingerprint density at radius 2 is 1.95 bits per heavy atom. The normalized spacial score (nSPS) is 24.4. The molecular formula is C13H12Br2Cl2N2O. The molecule has 1 atom stereocenters. The lowest BCUT2D eigenvalue weighted by atomic mass is 10.1. The number of hydrogen-bond acceptors (Lipinski definition) is 2. The minimum absolute atomic E-state index is 0.134. The second-order valence-corrected chi connectivity index (χ2v) is 9.57. The van der Waals surface area contributed by atoms with Crippen LogP contribution in [0.3, 0.4) is 0 Å². The van der Waals surface area contributed by atoms with E-state index < -0.39 is 5.41 Å². The predicted molar refractivity (Wildman–Crippen MR) is 90.1 cm³/mol. The molecule has 0 aliphatic heterocycles. The molecule has 20 heavy (non-hydrogen) atoms. The molecule has 0 spiro atoms. The lowest BCUT2D eigenvalue weighted by Crippen LogP contribution is -2.30. The number of carbonyl (C=O) groups excluding carboxylic acids is 1. The van der Waals surface area contributed by atoms with Crippen molar-refractivity contribution >= 4 is 66.7 Å². The van der Waals surface area contributed by atoms with Crippen LogP contribution in [0.4, 0.5) is 0 Å². The molecule has 0 saturated heterocycles. The molecule has 1 aromatic rings. The molecule has 7 heteroatoms. The van der Waals surface area contributed by atoms with E-state index in [1.807, 2.05) is 6.92 Å². The Balaban J connectivity index is 2.08. The Hall–Kier alpha value is -0.100. The Morgan fingerprint density at radius 1 is 1.35 bits per heavy atom. The zero-order valence-electron chi connectivity index (χ0n) is 10.8. The number of hydrazone groups is 1. The number of halogens is 4. The van der Waals surface area contributed by atoms with E-state index in [4.69, 9.17) is 23.2 Å². The van der Waals surface area contributed by atoms with Crippen LogP contribution in [-0.4, -0.2) is 14.9 Å². The molecule has 1 aliphatic rings. The molecule has 3 nitrogen and oxygen atoms in total. The number of nitrogens with zero attached hydrogens (tertiary/aromatic N) is 1. The highest BCUT2D eigenvalue weighted by atomic mass is 79.9. The van der Waals surface area contributed by atoms with Crippen molar-refractivity contribution in [2.75, 3.05) is 0 Å². The van der Waals surface area contributed by atoms with Crippen LogP contribution in [0.2, 0.25) is 10.0 Å². The smallest absolute Gasteiger partial charge is 0.248 e. The van der Waals surface area contributed by atoms with Crippen LogP contribution in [0, 0.1) is 5.41 Å². The van der Waals surface area contributed by atoms with Gasteiger partial charge in [0.25, 0.3) is 0 Å². The first kappa shape index (κ1) is 16.3. The maximum Gasteiger partial charge on any atom is 0.248 e. The fraction of sp³-hybridized carbons (Fsp3) is 0.385. The molecule has 1 N–H and O–H groups in total. The largest absolute Gasteiger partial charge is 0.272 e. The molecule has 1 amide bonds. The van der Waals surface area contributed by atoms with Gasteiger partial charge in [0, 0.05) is 0 Å². The van der Waals surface area contributed by atoms with Gasteiger partial charge in [0.2, 0.25) is 5.91 Å². The summed E-state index contributed by atoms with van der Waals surface area (Å²) in [4.78, 5) is 12.1. The van der Waals surface area contributed by atoms with Crippen molar-refractivity contribution in [1.29, 1.82) is 0 Å². The van der Waals surface area contributed by atoms with Gasteiger partial charge in [0.05, 0.1) is 24.4 Å². The number of nitrogens with one attached hydrogen (secondary N) is 1. The van der Waals surface area contributed by atoms with Crippen molar-refractivity contribution in [3.8, 4) is 0 Å². The summed E-state index contributed by atoms with van der Waals surface area (Å²) in [6.45, 7) is 3.67. The number of amides is 1. The highest BCUT2D eigenvalue weighted by Crippen LogP contribution is 2.66. The fourth-order valence-corrected chi connectivity index (χ4v) is 3.47. The summed E-state index contributed by atoms with van der Waals surface area (Å²) in [5.41, 5.74) is 3.57. The van der Waals surface area contributed by atoms with Crippen LogP contribution >= 0.6 is 55.1 Å². The van der Waals surface area contributed by atoms with Crippen LogP contribution in [-0.2, 0) is 4.79 Å². The molecular weight excluding hydrogens is 431 g/mol. The number of alkyl halides is 2. The van der Waals surface area contributed by atoms with Gasteiger partial charge in [-0.3, -0.25) is 4.79 Å². The van der Waals surface area contributed by atoms with Crippen molar-refractivity contribution in [3.63, 3.8) is 0 Å². The summed E-state index contributed by atoms with van der Waals surface area (Å²) >= 11 is 18.7. The van der Waals surface area contributed by atoms with Gasteiger partial charge in [-0.2, -0.15) is 5.10 Å². The Kier molecular flexibility index (Phi) is 4.55. The van der Waals surface area contributed by atoms with Crippen molar-refractivity contribution in [1.82, 2.24) is 5.43 Å². The van der Waals surface area contributed by atoms with E-state index in [9.17, 15) is 4.79 Å². The predicted octanol–water partition coefficient (Wildman–Crippen LogP) is 4.73. The lowest BCUT2D eigenvalue weighted by molar-refractivity contribution is -0.125. The summed E-state index contributed by atoms with van der Waals surface area (Å²) in [6, 6.07) is 5.22. The molecule has 1 fully saturated rings. The molecule has 1 aliphatic carbocycles. The van der Waals surface area contributed by atoms with Gasteiger partial charge in [-0.25, -0.2) is 5.43 Å². The van der Waals surface area contributed by atoms with Gasteiger partial charge in [0.15, 0.2) is 0 Å². The SMILES string of the molecule is CC(=NNC(=O)C1(C)CC1(Br)Br)c1ccc(Cl)c(Cl)c1. The first-order valence-corrected chi connectivity index (χ1v) is 8.19. The third-order valence-corrected chi connectivity index (χ3v) is 6.47. The van der Waals surface area contributed by atoms with E-state index in [2.05, 4.69) is 42.4 Å². The monoisotopic (exact) mass is 440 g/mol. The average molecular weight is 443 g/mol. The van der Waals surface area contributed by atoms with Crippen LogP contribution in [0.1, 0.15) is 25.8 Å². The lowest BCUT2D eigenvalue weighted by Gasteiger charge is -2.10. The number of hydrogen-bond donors (Lipinski definition) is 1. The Labute approximate surface area is 144 Å². The average Bonchev–Trinajstić information content (AvgIpc) is 2.90. The summed E-state index contributed by atoms with van der Waals surface area (Å²) in [5.74, 6) is -0.134. The third kappa shape index (κ3) is 3.06. The summed E-state index contributed by atoms with van der Waals surface area (Å²) in [5, 5.41) is 5.06. The van der Waals surface area contributed by atoms with E-state index in [0.717, 1.165) is 5.56 Å². The minimum Gasteiger partial charge on any atom is -0.272 e. The van der Waals surface area contributed by atoms with Gasteiger partial charge < -0.3 is 0 Å². The van der Waals surface area contributed by atoms with Gasteiger partial charge in [0.1, 0.15) is 0 Å². The summed E-state index contributed by atoms with van der Waals surface area (Å²) in [6.07, 6.45) is 0.715. The zero-order chi connectivity index (χ0) is 15.1. The highest BCUT2D eigenvalue weighted by molar-refractivity contribution is 9.25. The number of carbonyl (C=O) groups is 1. The van der Waals surface area contributed by atoms with Gasteiger partial charge in [-0.05, 0) is 38.0 Å². The molecule has 1 saturated carbocycles. The van der Waals surface area contributed by atoms with E-state index in [-0.39, 0.29) is 9.14 Å². The second-order valence-electron chi connectivity index (χ2n) is 4.98. The van der Waals surface area contributed by atoms with E-state index >= 15 is 0 Å². The second kappa shape index (κ2) is 5.59. The number of benzene rings is 1. The maximum atomic E-state index is 12.1. The first-order chi connectivity index (χ1) is 9.17. The fourth-order valence-electron chi connectivity index (χ4n) is 1.69. The quantitative estimate of drug-likeness (QED) is 0.410. The first-order valence-electron chi connectivity index (χ1n) is 5.85. The van der Waals surface area contributed by atoms with Crippen LogP contribution < -0.4 is 5.43 Å². The number of rotatable bonds is 3. The maximum absolute atomic E-state index is 12.1. The third-order valence-electron chi connectivity index (χ3n) is 3.42. The molecule has 0 radical (unpaired) electrons. The van der Waals surface area contributed by atoms with Crippen molar-refractivity contribution in [2.45, 2.75) is 23.5 Å². The van der Waals surface area contributed by atoms with Gasteiger partial charge in [-0.1, -0.05) is 61.1 Å². The molecule has 2 rings (SSSR count). The molecule has 108 valence electrons. The zero-order valence-corrected chi connectivity index (χ0v) is 15.5. The van der Waals surface area contributed by atoms with Gasteiger partial charge >= 0.3 is 0 Å². The molecule has 0 bridgehead atoms. The van der Waals surface area contributed by atoms with Gasteiger partial charge in [-0.15, -0.1) is 0 Å². The molecule has 0 aromatic heterocycles. The Bertz CT molecular complexity index is 604. The topological polar surface area (TPSA) is 41.5 Å². The molecule has 0 heterocycles. The van der Waals surface area contributed by atoms with E-state index in [1.54, 1.807) is 25.1 Å². The van der Waals surface area contributed by atoms with E-state index in [1.165, 1.54) is 0 Å².